The van der Waals surface area contributed by atoms with Crippen LogP contribution in [-0.4, -0.2) is 50.4 Å². The predicted molar refractivity (Wildman–Crippen MR) is 84.3 cm³/mol. The second-order valence-electron chi connectivity index (χ2n) is 5.26. The van der Waals surface area contributed by atoms with Crippen LogP contribution in [0.5, 0.6) is 0 Å². The molecule has 1 aromatic carbocycles. The summed E-state index contributed by atoms with van der Waals surface area (Å²) in [5, 5.41) is 0. The summed E-state index contributed by atoms with van der Waals surface area (Å²) in [6.07, 6.45) is 0. The third-order valence-corrected chi connectivity index (χ3v) is 5.17. The van der Waals surface area contributed by atoms with Crippen LogP contribution in [0.3, 0.4) is 0 Å². The largest absolute Gasteiger partial charge is 0.417 e. The molecule has 0 aliphatic carbocycles. The maximum Gasteiger partial charge on any atom is 0.417 e. The van der Waals surface area contributed by atoms with Gasteiger partial charge in [0.2, 0.25) is 5.91 Å². The summed E-state index contributed by atoms with van der Waals surface area (Å²) in [6, 6.07) is 2.62. The Hall–Kier alpha value is -2.00. The SMILES string of the molecule is CC(=O)N1CCN(c2cc(S(=O)(=O)Cl)cc3oc(=O)[nH]c23)CC1. The van der Waals surface area contributed by atoms with E-state index in [-0.39, 0.29) is 16.4 Å². The minimum absolute atomic E-state index is 0.0106. The molecule has 0 spiro atoms. The van der Waals surface area contributed by atoms with E-state index in [0.717, 1.165) is 0 Å². The molecule has 2 aromatic rings. The van der Waals surface area contributed by atoms with E-state index in [2.05, 4.69) is 4.98 Å². The minimum Gasteiger partial charge on any atom is -0.408 e. The van der Waals surface area contributed by atoms with E-state index in [1.165, 1.54) is 19.1 Å². The van der Waals surface area contributed by atoms with Crippen molar-refractivity contribution in [2.45, 2.75) is 11.8 Å². The summed E-state index contributed by atoms with van der Waals surface area (Å²) in [6.45, 7) is 3.54. The van der Waals surface area contributed by atoms with Crippen LogP contribution in [-0.2, 0) is 13.8 Å². The summed E-state index contributed by atoms with van der Waals surface area (Å²) in [7, 11) is 1.45. The first-order valence-electron chi connectivity index (χ1n) is 6.88. The van der Waals surface area contributed by atoms with E-state index in [1.54, 1.807) is 4.90 Å². The standard InChI is InChI=1S/C13H14ClN3O5S/c1-8(18)16-2-4-17(5-3-16)10-6-9(23(14,20)21)7-11-12(10)15-13(19)22-11/h6-7H,2-5H2,1H3,(H,15,19). The molecule has 1 saturated heterocycles. The molecule has 23 heavy (non-hydrogen) atoms. The molecule has 1 N–H and O–H groups in total. The van der Waals surface area contributed by atoms with E-state index >= 15 is 0 Å². The molecule has 0 atom stereocenters. The van der Waals surface area contributed by atoms with Crippen LogP contribution in [0, 0.1) is 0 Å². The van der Waals surface area contributed by atoms with Crippen molar-refractivity contribution in [2.24, 2.45) is 0 Å². The number of hydrogen-bond donors (Lipinski definition) is 1. The molecular formula is C13H14ClN3O5S. The lowest BCUT2D eigenvalue weighted by Crippen LogP contribution is -2.48. The number of halogens is 1. The number of hydrogen-bond acceptors (Lipinski definition) is 6. The van der Waals surface area contributed by atoms with Gasteiger partial charge in [-0.25, -0.2) is 13.2 Å². The average molecular weight is 360 g/mol. The smallest absolute Gasteiger partial charge is 0.408 e. The first-order chi connectivity index (χ1) is 10.8. The van der Waals surface area contributed by atoms with Crippen molar-refractivity contribution in [3.05, 3.63) is 22.7 Å². The first-order valence-corrected chi connectivity index (χ1v) is 9.18. The monoisotopic (exact) mass is 359 g/mol. The molecule has 8 nitrogen and oxygen atoms in total. The summed E-state index contributed by atoms with van der Waals surface area (Å²) < 4.78 is 28.2. The van der Waals surface area contributed by atoms with Gasteiger partial charge in [0, 0.05) is 49.9 Å². The quantitative estimate of drug-likeness (QED) is 0.792. The Kier molecular flexibility index (Phi) is 3.85. The molecule has 0 unspecified atom stereocenters. The van der Waals surface area contributed by atoms with Crippen LogP contribution in [0.25, 0.3) is 11.1 Å². The van der Waals surface area contributed by atoms with Crippen LogP contribution in [0.1, 0.15) is 6.92 Å². The van der Waals surface area contributed by atoms with Gasteiger partial charge in [-0.1, -0.05) is 0 Å². The molecule has 10 heteroatoms. The molecule has 0 bridgehead atoms. The van der Waals surface area contributed by atoms with E-state index in [1.807, 2.05) is 4.90 Å². The summed E-state index contributed by atoms with van der Waals surface area (Å²) >= 11 is 0. The van der Waals surface area contributed by atoms with Gasteiger partial charge in [-0.05, 0) is 6.07 Å². The molecule has 0 radical (unpaired) electrons. The van der Waals surface area contributed by atoms with Gasteiger partial charge in [-0.3, -0.25) is 9.78 Å². The maximum atomic E-state index is 11.6. The number of nitrogens with zero attached hydrogens (tertiary/aromatic N) is 2. The Morgan fingerprint density at radius 3 is 2.48 bits per heavy atom. The number of oxazole rings is 1. The highest BCUT2D eigenvalue weighted by Gasteiger charge is 2.24. The fraction of sp³-hybridized carbons (Fsp3) is 0.385. The van der Waals surface area contributed by atoms with Crippen LogP contribution in [0.15, 0.2) is 26.2 Å². The van der Waals surface area contributed by atoms with Crippen molar-refractivity contribution in [1.29, 1.82) is 0 Å². The zero-order chi connectivity index (χ0) is 16.8. The minimum atomic E-state index is -3.97. The van der Waals surface area contributed by atoms with Gasteiger partial charge in [0.15, 0.2) is 5.58 Å². The number of benzene rings is 1. The summed E-state index contributed by atoms with van der Waals surface area (Å²) in [4.78, 5) is 28.8. The number of H-pyrrole nitrogens is 1. The zero-order valence-electron chi connectivity index (χ0n) is 12.2. The molecule has 1 amide bonds. The topological polar surface area (TPSA) is 104 Å². The number of anilines is 1. The van der Waals surface area contributed by atoms with Gasteiger partial charge in [-0.2, -0.15) is 0 Å². The van der Waals surface area contributed by atoms with E-state index in [4.69, 9.17) is 15.1 Å². The Labute approximate surface area is 136 Å². The lowest BCUT2D eigenvalue weighted by Gasteiger charge is -2.35. The second-order valence-corrected chi connectivity index (χ2v) is 7.83. The number of carbonyl (C=O) groups excluding carboxylic acids is 1. The zero-order valence-corrected chi connectivity index (χ0v) is 13.8. The van der Waals surface area contributed by atoms with Crippen molar-refractivity contribution in [3.8, 4) is 0 Å². The van der Waals surface area contributed by atoms with Crippen molar-refractivity contribution >= 4 is 42.4 Å². The Morgan fingerprint density at radius 1 is 1.26 bits per heavy atom. The van der Waals surface area contributed by atoms with Crippen molar-refractivity contribution in [3.63, 3.8) is 0 Å². The first kappa shape index (κ1) is 15.9. The summed E-state index contributed by atoms with van der Waals surface area (Å²) in [5.74, 6) is -0.684. The van der Waals surface area contributed by atoms with Gasteiger partial charge in [0.25, 0.3) is 9.05 Å². The van der Waals surface area contributed by atoms with Gasteiger partial charge < -0.3 is 14.2 Å². The maximum absolute atomic E-state index is 11.6. The van der Waals surface area contributed by atoms with Gasteiger partial charge in [0.05, 0.1) is 10.6 Å². The van der Waals surface area contributed by atoms with Gasteiger partial charge >= 0.3 is 5.76 Å². The van der Waals surface area contributed by atoms with Crippen LogP contribution in [0.4, 0.5) is 5.69 Å². The molecule has 1 aliphatic heterocycles. The normalized spacial score (nSPS) is 16.1. The van der Waals surface area contributed by atoms with E-state index in [9.17, 15) is 18.0 Å². The van der Waals surface area contributed by atoms with E-state index < -0.39 is 14.8 Å². The molecule has 1 aromatic heterocycles. The van der Waals surface area contributed by atoms with Gasteiger partial charge in [-0.15, -0.1) is 0 Å². The van der Waals surface area contributed by atoms with Crippen LogP contribution in [0.2, 0.25) is 0 Å². The number of carbonyl (C=O) groups is 1. The molecule has 124 valence electrons. The Morgan fingerprint density at radius 2 is 1.91 bits per heavy atom. The number of fused-ring (bicyclic) bond motifs is 1. The van der Waals surface area contributed by atoms with Crippen molar-refractivity contribution in [2.75, 3.05) is 31.1 Å². The Bertz CT molecular complexity index is 925. The van der Waals surface area contributed by atoms with Crippen LogP contribution < -0.4 is 10.7 Å². The average Bonchev–Trinajstić information content (AvgIpc) is 2.85. The fourth-order valence-electron chi connectivity index (χ4n) is 2.66. The van der Waals surface area contributed by atoms with Crippen LogP contribution >= 0.6 is 10.7 Å². The number of piperazine rings is 1. The molecule has 0 saturated carbocycles. The fourth-order valence-corrected chi connectivity index (χ4v) is 3.43. The molecule has 1 fully saturated rings. The van der Waals surface area contributed by atoms with E-state index in [0.29, 0.717) is 37.4 Å². The number of amides is 1. The third-order valence-electron chi connectivity index (χ3n) is 3.83. The number of nitrogens with one attached hydrogen (secondary N) is 1. The molecule has 3 rings (SSSR count). The van der Waals surface area contributed by atoms with Crippen molar-refractivity contribution in [1.82, 2.24) is 9.88 Å². The lowest BCUT2D eigenvalue weighted by atomic mass is 10.2. The number of aromatic nitrogens is 1. The highest BCUT2D eigenvalue weighted by Crippen LogP contribution is 2.30. The Balaban J connectivity index is 2.06. The molecular weight excluding hydrogens is 346 g/mol. The van der Waals surface area contributed by atoms with Crippen molar-refractivity contribution < 1.29 is 17.6 Å². The number of rotatable bonds is 2. The second kappa shape index (κ2) is 5.57. The number of aromatic amines is 1. The van der Waals surface area contributed by atoms with Gasteiger partial charge in [0.1, 0.15) is 5.52 Å². The lowest BCUT2D eigenvalue weighted by molar-refractivity contribution is -0.129. The highest BCUT2D eigenvalue weighted by atomic mass is 35.7. The molecule has 2 heterocycles. The highest BCUT2D eigenvalue weighted by molar-refractivity contribution is 8.13. The summed E-state index contributed by atoms with van der Waals surface area (Å²) in [5.41, 5.74) is 1.05. The molecule has 1 aliphatic rings. The predicted octanol–water partition coefficient (Wildman–Crippen LogP) is 0.717. The third kappa shape index (κ3) is 3.06.